The second-order valence-electron chi connectivity index (χ2n) is 3.62. The molecule has 1 N–H and O–H groups in total. The van der Waals surface area contributed by atoms with Gasteiger partial charge in [-0.25, -0.2) is 4.98 Å². The van der Waals surface area contributed by atoms with Gasteiger partial charge in [0, 0.05) is 0 Å². The lowest BCUT2D eigenvalue weighted by Crippen LogP contribution is -2.12. The number of anilines is 1. The summed E-state index contributed by atoms with van der Waals surface area (Å²) in [6.45, 7) is 2.00. The van der Waals surface area contributed by atoms with Crippen LogP contribution in [0.3, 0.4) is 0 Å². The summed E-state index contributed by atoms with van der Waals surface area (Å²) in [7, 11) is 0. The molecule has 0 radical (unpaired) electrons. The summed E-state index contributed by atoms with van der Waals surface area (Å²) in [5.41, 5.74) is 1.13. The van der Waals surface area contributed by atoms with Crippen molar-refractivity contribution in [3.05, 3.63) is 34.8 Å². The highest BCUT2D eigenvalue weighted by Crippen LogP contribution is 2.15. The Labute approximate surface area is 107 Å². The fraction of sp³-hybridized carbons (Fsp3) is 0.273. The van der Waals surface area contributed by atoms with E-state index in [1.165, 1.54) is 18.3 Å². The van der Waals surface area contributed by atoms with Crippen molar-refractivity contribution >= 4 is 23.1 Å². The lowest BCUT2D eigenvalue weighted by molar-refractivity contribution is 0.102. The summed E-state index contributed by atoms with van der Waals surface area (Å²) in [6, 6.07) is 2.64. The molecule has 0 unspecified atom stereocenters. The molecule has 0 aliphatic heterocycles. The van der Waals surface area contributed by atoms with Gasteiger partial charge in [-0.2, -0.15) is 4.39 Å². The maximum absolute atomic E-state index is 12.6. The highest BCUT2D eigenvalue weighted by molar-refractivity contribution is 7.08. The predicted molar refractivity (Wildman–Crippen MR) is 66.1 cm³/mol. The van der Waals surface area contributed by atoms with E-state index in [1.54, 1.807) is 0 Å². The number of carbonyl (C=O) groups is 1. The Morgan fingerprint density at radius 1 is 1.50 bits per heavy atom. The van der Waals surface area contributed by atoms with Gasteiger partial charge in [0.2, 0.25) is 5.95 Å². The highest BCUT2D eigenvalue weighted by Gasteiger charge is 2.15. The Kier molecular flexibility index (Phi) is 3.93. The van der Waals surface area contributed by atoms with E-state index in [2.05, 4.69) is 19.9 Å². The topological polar surface area (TPSA) is 67.8 Å². The molecule has 2 aromatic heterocycles. The maximum Gasteiger partial charge on any atom is 0.269 e. The molecule has 2 heterocycles. The quantitative estimate of drug-likeness (QED) is 0.862. The van der Waals surface area contributed by atoms with Gasteiger partial charge >= 0.3 is 0 Å². The van der Waals surface area contributed by atoms with E-state index in [9.17, 15) is 9.18 Å². The zero-order chi connectivity index (χ0) is 13.0. The maximum atomic E-state index is 12.6. The van der Waals surface area contributed by atoms with Crippen molar-refractivity contribution in [1.29, 1.82) is 0 Å². The Morgan fingerprint density at radius 3 is 3.00 bits per heavy atom. The number of nitrogens with zero attached hydrogens (tertiary/aromatic N) is 3. The van der Waals surface area contributed by atoms with Crippen LogP contribution in [0.2, 0.25) is 0 Å². The Hall–Kier alpha value is -1.89. The number of pyridine rings is 1. The van der Waals surface area contributed by atoms with Crippen molar-refractivity contribution in [2.45, 2.75) is 19.8 Å². The van der Waals surface area contributed by atoms with Crippen molar-refractivity contribution in [2.75, 3.05) is 5.32 Å². The van der Waals surface area contributed by atoms with E-state index in [-0.39, 0.29) is 5.91 Å². The summed E-state index contributed by atoms with van der Waals surface area (Å²) in [6.07, 6.45) is 2.87. The lowest BCUT2D eigenvalue weighted by atomic mass is 10.2. The van der Waals surface area contributed by atoms with Gasteiger partial charge in [-0.15, -0.1) is 5.10 Å². The average Bonchev–Trinajstić information content (AvgIpc) is 2.81. The van der Waals surface area contributed by atoms with Crippen LogP contribution in [0.25, 0.3) is 0 Å². The number of amides is 1. The third-order valence-electron chi connectivity index (χ3n) is 2.23. The summed E-state index contributed by atoms with van der Waals surface area (Å²) >= 11 is 1.05. The van der Waals surface area contributed by atoms with E-state index >= 15 is 0 Å². The van der Waals surface area contributed by atoms with Crippen molar-refractivity contribution in [1.82, 2.24) is 14.6 Å². The second kappa shape index (κ2) is 5.63. The molecule has 94 valence electrons. The molecule has 0 saturated carbocycles. The predicted octanol–water partition coefficient (Wildman–Crippen LogP) is 2.28. The molecule has 0 saturated heterocycles. The van der Waals surface area contributed by atoms with Gasteiger partial charge < -0.3 is 5.32 Å². The molecule has 0 aliphatic carbocycles. The number of halogens is 1. The third-order valence-corrected chi connectivity index (χ3v) is 3.00. The number of aryl methyl sites for hydroxylation is 1. The Morgan fingerprint density at radius 2 is 2.33 bits per heavy atom. The van der Waals surface area contributed by atoms with E-state index in [0.717, 1.165) is 18.0 Å². The number of hydrogen-bond acceptors (Lipinski definition) is 5. The molecule has 2 rings (SSSR count). The summed E-state index contributed by atoms with van der Waals surface area (Å²) < 4.78 is 16.4. The van der Waals surface area contributed by atoms with Crippen LogP contribution in [-0.2, 0) is 6.42 Å². The minimum Gasteiger partial charge on any atom is -0.320 e. The van der Waals surface area contributed by atoms with Gasteiger partial charge in [0.15, 0.2) is 0 Å². The van der Waals surface area contributed by atoms with Gasteiger partial charge in [-0.3, -0.25) is 4.79 Å². The zero-order valence-electron chi connectivity index (χ0n) is 9.68. The van der Waals surface area contributed by atoms with Crippen molar-refractivity contribution in [3.63, 3.8) is 0 Å². The van der Waals surface area contributed by atoms with Crippen LogP contribution in [0.4, 0.5) is 10.1 Å². The number of rotatable bonds is 4. The third kappa shape index (κ3) is 2.86. The normalized spacial score (nSPS) is 10.3. The lowest BCUT2D eigenvalue weighted by Gasteiger charge is -2.03. The van der Waals surface area contributed by atoms with Crippen molar-refractivity contribution in [3.8, 4) is 0 Å². The summed E-state index contributed by atoms with van der Waals surface area (Å²) in [5, 5.41) is 6.55. The Balaban J connectivity index is 2.11. The van der Waals surface area contributed by atoms with Crippen LogP contribution in [0.15, 0.2) is 18.3 Å². The van der Waals surface area contributed by atoms with Gasteiger partial charge in [-0.05, 0) is 30.1 Å². The molecule has 0 aromatic carbocycles. The molecular weight excluding hydrogens is 255 g/mol. The number of carbonyl (C=O) groups excluding carboxylic acids is 1. The van der Waals surface area contributed by atoms with Crippen LogP contribution < -0.4 is 5.32 Å². The number of nitrogens with one attached hydrogen (secondary N) is 1. The van der Waals surface area contributed by atoms with Crippen LogP contribution in [-0.4, -0.2) is 20.5 Å². The number of hydrogen-bond donors (Lipinski definition) is 1. The smallest absolute Gasteiger partial charge is 0.269 e. The highest BCUT2D eigenvalue weighted by atomic mass is 32.1. The summed E-state index contributed by atoms with van der Waals surface area (Å²) in [5.74, 6) is -0.874. The molecule has 0 aliphatic rings. The second-order valence-corrected chi connectivity index (χ2v) is 4.38. The first-order valence-electron chi connectivity index (χ1n) is 5.45. The number of aromatic nitrogens is 3. The molecule has 0 atom stereocenters. The van der Waals surface area contributed by atoms with Gasteiger partial charge in [-0.1, -0.05) is 17.8 Å². The van der Waals surface area contributed by atoms with Gasteiger partial charge in [0.1, 0.15) is 4.88 Å². The van der Waals surface area contributed by atoms with E-state index in [0.29, 0.717) is 22.7 Å². The molecule has 18 heavy (non-hydrogen) atoms. The van der Waals surface area contributed by atoms with Gasteiger partial charge in [0.25, 0.3) is 5.91 Å². The van der Waals surface area contributed by atoms with Crippen molar-refractivity contribution in [2.24, 2.45) is 0 Å². The fourth-order valence-corrected chi connectivity index (χ4v) is 2.02. The van der Waals surface area contributed by atoms with Gasteiger partial charge in [0.05, 0.1) is 17.6 Å². The van der Waals surface area contributed by atoms with Crippen molar-refractivity contribution < 1.29 is 9.18 Å². The molecule has 0 bridgehead atoms. The van der Waals surface area contributed by atoms with E-state index in [1.807, 2.05) is 6.92 Å². The summed E-state index contributed by atoms with van der Waals surface area (Å²) in [4.78, 5) is 15.9. The molecule has 1 amide bonds. The molecule has 5 nitrogen and oxygen atoms in total. The standard InChI is InChI=1S/C11H11FN4OS/c1-2-3-8-10(18-16-15-8)11(17)14-7-4-5-9(12)13-6-7/h4-6H,2-3H2,1H3,(H,14,17). The molecule has 0 spiro atoms. The van der Waals surface area contributed by atoms with E-state index in [4.69, 9.17) is 0 Å². The molecular formula is C11H11FN4OS. The largest absolute Gasteiger partial charge is 0.320 e. The first kappa shape index (κ1) is 12.6. The fourth-order valence-electron chi connectivity index (χ4n) is 1.42. The van der Waals surface area contributed by atoms with E-state index < -0.39 is 5.95 Å². The minimum atomic E-state index is -0.584. The monoisotopic (exact) mass is 266 g/mol. The average molecular weight is 266 g/mol. The van der Waals surface area contributed by atoms with Crippen LogP contribution in [0.5, 0.6) is 0 Å². The first-order valence-corrected chi connectivity index (χ1v) is 6.22. The van der Waals surface area contributed by atoms with Crippen LogP contribution >= 0.6 is 11.5 Å². The Bertz CT molecular complexity index is 540. The molecule has 7 heteroatoms. The first-order chi connectivity index (χ1) is 8.70. The zero-order valence-corrected chi connectivity index (χ0v) is 10.5. The minimum absolute atomic E-state index is 0.290. The SMILES string of the molecule is CCCc1nnsc1C(=O)Nc1ccc(F)nc1. The molecule has 0 fully saturated rings. The molecule has 2 aromatic rings. The van der Waals surface area contributed by atoms with Crippen LogP contribution in [0, 0.1) is 5.95 Å². The van der Waals surface area contributed by atoms with Crippen LogP contribution in [0.1, 0.15) is 28.7 Å².